The number of fused-ring (bicyclic) bond motifs is 1. The van der Waals surface area contributed by atoms with E-state index in [1.54, 1.807) is 0 Å². The van der Waals surface area contributed by atoms with E-state index in [4.69, 9.17) is 4.74 Å². The van der Waals surface area contributed by atoms with Crippen molar-refractivity contribution in [3.05, 3.63) is 0 Å². The molecule has 2 aliphatic heterocycles. The molecule has 2 fully saturated rings. The van der Waals surface area contributed by atoms with Crippen LogP contribution in [0.5, 0.6) is 0 Å². The van der Waals surface area contributed by atoms with Gasteiger partial charge in [0.05, 0.1) is 18.8 Å². The number of rotatable bonds is 1. The van der Waals surface area contributed by atoms with Crippen molar-refractivity contribution in [1.29, 1.82) is 0 Å². The summed E-state index contributed by atoms with van der Waals surface area (Å²) >= 11 is 0. The average molecular weight is 142 g/mol. The van der Waals surface area contributed by atoms with Gasteiger partial charge in [-0.2, -0.15) is 0 Å². The zero-order valence-corrected chi connectivity index (χ0v) is 6.39. The predicted octanol–water partition coefficient (Wildman–Crippen LogP) is -0.0144. The van der Waals surface area contributed by atoms with Crippen molar-refractivity contribution < 1.29 is 4.74 Å². The molecule has 10 heavy (non-hydrogen) atoms. The summed E-state index contributed by atoms with van der Waals surface area (Å²) in [7, 11) is 0. The SMILES string of the molecule is CCC12CNCN1COC2. The largest absolute Gasteiger partial charge is 0.364 e. The zero-order chi connectivity index (χ0) is 7.03. The van der Waals surface area contributed by atoms with E-state index >= 15 is 0 Å². The highest BCUT2D eigenvalue weighted by Gasteiger charge is 2.43. The predicted molar refractivity (Wildman–Crippen MR) is 38.5 cm³/mol. The molecule has 3 nitrogen and oxygen atoms in total. The Morgan fingerprint density at radius 3 is 3.30 bits per heavy atom. The van der Waals surface area contributed by atoms with Crippen molar-refractivity contribution in [3.8, 4) is 0 Å². The first-order chi connectivity index (χ1) is 4.87. The summed E-state index contributed by atoms with van der Waals surface area (Å²) in [6, 6.07) is 0. The van der Waals surface area contributed by atoms with Crippen molar-refractivity contribution in [2.75, 3.05) is 26.6 Å². The molecule has 2 aliphatic rings. The van der Waals surface area contributed by atoms with Crippen LogP contribution in [0.3, 0.4) is 0 Å². The van der Waals surface area contributed by atoms with Crippen LogP contribution in [-0.2, 0) is 4.74 Å². The van der Waals surface area contributed by atoms with Crippen molar-refractivity contribution in [2.45, 2.75) is 18.9 Å². The minimum absolute atomic E-state index is 0.347. The minimum atomic E-state index is 0.347. The van der Waals surface area contributed by atoms with Gasteiger partial charge in [-0.15, -0.1) is 0 Å². The fourth-order valence-electron chi connectivity index (χ4n) is 1.82. The number of ether oxygens (including phenoxy) is 1. The molecule has 2 rings (SSSR count). The van der Waals surface area contributed by atoms with Gasteiger partial charge in [-0.05, 0) is 6.42 Å². The van der Waals surface area contributed by atoms with E-state index in [1.807, 2.05) is 0 Å². The lowest BCUT2D eigenvalue weighted by Gasteiger charge is -2.26. The molecule has 1 unspecified atom stereocenters. The van der Waals surface area contributed by atoms with E-state index in [2.05, 4.69) is 17.1 Å². The molecule has 58 valence electrons. The third-order valence-corrected chi connectivity index (χ3v) is 2.70. The average Bonchev–Trinajstić information content (AvgIpc) is 2.42. The van der Waals surface area contributed by atoms with E-state index in [1.165, 1.54) is 6.42 Å². The Balaban J connectivity index is 2.15. The van der Waals surface area contributed by atoms with E-state index in [0.717, 1.165) is 26.6 Å². The van der Waals surface area contributed by atoms with E-state index in [-0.39, 0.29) is 0 Å². The Hall–Kier alpha value is -0.120. The molecule has 0 spiro atoms. The molecular weight excluding hydrogens is 128 g/mol. The highest BCUT2D eigenvalue weighted by molar-refractivity contribution is 4.97. The van der Waals surface area contributed by atoms with Gasteiger partial charge in [0.1, 0.15) is 6.73 Å². The molecule has 0 aromatic rings. The molecular formula is C7H14N2O. The fraction of sp³-hybridized carbons (Fsp3) is 1.00. The van der Waals surface area contributed by atoms with Gasteiger partial charge in [0, 0.05) is 6.54 Å². The molecule has 1 atom stereocenters. The Morgan fingerprint density at radius 2 is 2.60 bits per heavy atom. The number of nitrogens with zero attached hydrogens (tertiary/aromatic N) is 1. The van der Waals surface area contributed by atoms with E-state index < -0.39 is 0 Å². The Kier molecular flexibility index (Phi) is 1.44. The maximum atomic E-state index is 5.39. The van der Waals surface area contributed by atoms with Crippen LogP contribution in [0.25, 0.3) is 0 Å². The maximum Gasteiger partial charge on any atom is 0.101 e. The molecule has 0 aliphatic carbocycles. The first kappa shape index (κ1) is 6.58. The first-order valence-corrected chi connectivity index (χ1v) is 3.91. The van der Waals surface area contributed by atoms with Gasteiger partial charge in [0.2, 0.25) is 0 Å². The van der Waals surface area contributed by atoms with Crippen molar-refractivity contribution in [1.82, 2.24) is 10.2 Å². The second-order valence-corrected chi connectivity index (χ2v) is 3.18. The molecule has 2 saturated heterocycles. The molecule has 0 bridgehead atoms. The van der Waals surface area contributed by atoms with Crippen LogP contribution >= 0.6 is 0 Å². The first-order valence-electron chi connectivity index (χ1n) is 3.91. The zero-order valence-electron chi connectivity index (χ0n) is 6.39. The number of nitrogens with one attached hydrogen (secondary N) is 1. The van der Waals surface area contributed by atoms with Crippen LogP contribution in [0.2, 0.25) is 0 Å². The normalized spacial score (nSPS) is 40.5. The molecule has 1 N–H and O–H groups in total. The maximum absolute atomic E-state index is 5.39. The van der Waals surface area contributed by atoms with Crippen LogP contribution in [0, 0.1) is 0 Å². The van der Waals surface area contributed by atoms with Crippen LogP contribution in [0.4, 0.5) is 0 Å². The second kappa shape index (κ2) is 2.19. The summed E-state index contributed by atoms with van der Waals surface area (Å²) in [5.74, 6) is 0. The number of hydrogen-bond donors (Lipinski definition) is 1. The lowest BCUT2D eigenvalue weighted by atomic mass is 9.98. The fourth-order valence-corrected chi connectivity index (χ4v) is 1.82. The van der Waals surface area contributed by atoms with Crippen LogP contribution in [0.15, 0.2) is 0 Å². The Bertz CT molecular complexity index is 128. The lowest BCUT2D eigenvalue weighted by molar-refractivity contribution is 0.139. The third kappa shape index (κ3) is 0.713. The molecule has 0 aromatic heterocycles. The van der Waals surface area contributed by atoms with Gasteiger partial charge in [-0.3, -0.25) is 4.90 Å². The molecule has 0 aromatic carbocycles. The highest BCUT2D eigenvalue weighted by atomic mass is 16.5. The van der Waals surface area contributed by atoms with Gasteiger partial charge in [0.15, 0.2) is 0 Å². The number of hydrogen-bond acceptors (Lipinski definition) is 3. The molecule has 0 saturated carbocycles. The quantitative estimate of drug-likeness (QED) is 0.557. The topological polar surface area (TPSA) is 24.5 Å². The lowest BCUT2D eigenvalue weighted by Crippen LogP contribution is -2.42. The Labute approximate surface area is 61.3 Å². The van der Waals surface area contributed by atoms with Crippen molar-refractivity contribution in [2.24, 2.45) is 0 Å². The van der Waals surface area contributed by atoms with Crippen LogP contribution < -0.4 is 5.32 Å². The minimum Gasteiger partial charge on any atom is -0.364 e. The van der Waals surface area contributed by atoms with Crippen molar-refractivity contribution >= 4 is 0 Å². The summed E-state index contributed by atoms with van der Waals surface area (Å²) in [5, 5.41) is 3.36. The third-order valence-electron chi connectivity index (χ3n) is 2.70. The Morgan fingerprint density at radius 1 is 1.70 bits per heavy atom. The van der Waals surface area contributed by atoms with E-state index in [0.29, 0.717) is 5.54 Å². The van der Waals surface area contributed by atoms with Crippen LogP contribution in [-0.4, -0.2) is 37.0 Å². The smallest absolute Gasteiger partial charge is 0.101 e. The highest BCUT2D eigenvalue weighted by Crippen LogP contribution is 2.27. The summed E-state index contributed by atoms with van der Waals surface area (Å²) in [6.45, 7) is 6.07. The summed E-state index contributed by atoms with van der Waals surface area (Å²) < 4.78 is 5.39. The standard InChI is InChI=1S/C7H14N2O/c1-2-7-3-8-5-9(7)6-10-4-7/h8H,2-6H2,1H3. The van der Waals surface area contributed by atoms with Gasteiger partial charge < -0.3 is 10.1 Å². The van der Waals surface area contributed by atoms with E-state index in [9.17, 15) is 0 Å². The monoisotopic (exact) mass is 142 g/mol. The van der Waals surface area contributed by atoms with Crippen LogP contribution in [0.1, 0.15) is 13.3 Å². The molecule has 0 radical (unpaired) electrons. The van der Waals surface area contributed by atoms with Gasteiger partial charge in [-0.1, -0.05) is 6.92 Å². The second-order valence-electron chi connectivity index (χ2n) is 3.18. The van der Waals surface area contributed by atoms with Gasteiger partial charge in [0.25, 0.3) is 0 Å². The van der Waals surface area contributed by atoms with Crippen molar-refractivity contribution in [3.63, 3.8) is 0 Å². The summed E-state index contributed by atoms with van der Waals surface area (Å²) in [6.07, 6.45) is 1.19. The molecule has 2 heterocycles. The summed E-state index contributed by atoms with van der Waals surface area (Å²) in [5.41, 5.74) is 0.347. The summed E-state index contributed by atoms with van der Waals surface area (Å²) in [4.78, 5) is 2.38. The van der Waals surface area contributed by atoms with Gasteiger partial charge >= 0.3 is 0 Å². The van der Waals surface area contributed by atoms with Gasteiger partial charge in [-0.25, -0.2) is 0 Å². The molecule has 0 amide bonds. The molecule has 3 heteroatoms.